The van der Waals surface area contributed by atoms with Gasteiger partial charge in [-0.1, -0.05) is 26.0 Å². The van der Waals surface area contributed by atoms with E-state index in [0.717, 1.165) is 44.2 Å². The summed E-state index contributed by atoms with van der Waals surface area (Å²) in [6.45, 7) is 8.36. The Balaban J connectivity index is 1.53. The van der Waals surface area contributed by atoms with Crippen molar-refractivity contribution in [1.29, 1.82) is 0 Å². The predicted molar refractivity (Wildman–Crippen MR) is 97.2 cm³/mol. The number of allylic oxidation sites excluding steroid dienone is 1. The molecule has 0 saturated carbocycles. The largest absolute Gasteiger partial charge is 0.347 e. The summed E-state index contributed by atoms with van der Waals surface area (Å²) in [6.07, 6.45) is 6.29. The summed E-state index contributed by atoms with van der Waals surface area (Å²) < 4.78 is 2.11. The van der Waals surface area contributed by atoms with Gasteiger partial charge in [0.2, 0.25) is 11.8 Å². The van der Waals surface area contributed by atoms with E-state index in [0.29, 0.717) is 25.3 Å². The van der Waals surface area contributed by atoms with Gasteiger partial charge >= 0.3 is 0 Å². The Morgan fingerprint density at radius 1 is 1.31 bits per heavy atom. The molecule has 1 aromatic heterocycles. The molecule has 1 saturated heterocycles. The molecule has 1 fully saturated rings. The molecule has 0 aromatic carbocycles. The molecule has 0 radical (unpaired) electrons. The van der Waals surface area contributed by atoms with Crippen LogP contribution in [0.25, 0.3) is 0 Å². The fraction of sp³-hybridized carbons (Fsp3) is 0.667. The van der Waals surface area contributed by atoms with Gasteiger partial charge in [-0.05, 0) is 12.3 Å². The lowest BCUT2D eigenvalue weighted by Crippen LogP contribution is -2.41. The molecule has 3 rings (SSSR count). The summed E-state index contributed by atoms with van der Waals surface area (Å²) in [4.78, 5) is 25.8. The van der Waals surface area contributed by atoms with Crippen LogP contribution in [0.4, 0.5) is 0 Å². The van der Waals surface area contributed by atoms with Gasteiger partial charge in [0, 0.05) is 39.0 Å². The Hall–Kier alpha value is -2.22. The molecule has 0 bridgehead atoms. The third kappa shape index (κ3) is 4.69. The number of hydrogen-bond donors (Lipinski definition) is 2. The van der Waals surface area contributed by atoms with E-state index in [1.54, 1.807) is 0 Å². The van der Waals surface area contributed by atoms with Crippen molar-refractivity contribution >= 4 is 11.8 Å². The van der Waals surface area contributed by atoms with Gasteiger partial charge in [0.1, 0.15) is 11.9 Å². The highest BCUT2D eigenvalue weighted by atomic mass is 16.2. The average Bonchev–Trinajstić information content (AvgIpc) is 3.15. The van der Waals surface area contributed by atoms with Gasteiger partial charge in [-0.15, -0.1) is 10.2 Å². The van der Waals surface area contributed by atoms with Crippen LogP contribution in [0.3, 0.4) is 0 Å². The van der Waals surface area contributed by atoms with Crippen LogP contribution in [0, 0.1) is 5.92 Å². The first-order valence-electron chi connectivity index (χ1n) is 9.40. The van der Waals surface area contributed by atoms with Crippen molar-refractivity contribution in [3.8, 4) is 0 Å². The Morgan fingerprint density at radius 3 is 2.88 bits per heavy atom. The molecule has 26 heavy (non-hydrogen) atoms. The number of hydrogen-bond acceptors (Lipinski definition) is 5. The maximum atomic E-state index is 12.1. The van der Waals surface area contributed by atoms with E-state index in [-0.39, 0.29) is 11.8 Å². The van der Waals surface area contributed by atoms with Crippen molar-refractivity contribution in [2.75, 3.05) is 19.6 Å². The molecule has 1 atom stereocenters. The zero-order valence-corrected chi connectivity index (χ0v) is 15.6. The fourth-order valence-electron chi connectivity index (χ4n) is 3.32. The normalized spacial score (nSPS) is 21.0. The first-order chi connectivity index (χ1) is 12.5. The molecular weight excluding hydrogens is 332 g/mol. The molecular formula is C18H28N6O2. The standard InChI is InChI=1S/C18H28N6O2/c1-13(2)4-3-8-23-9-7-15-21-22-16(24(15)11-10-23)12-19-18(26)14-5-6-17(25)20-14/h3-4,13-14H,5-12H2,1-2H3,(H,19,26)(H,20,25)/b4-3+/t14-/m0/s1. The molecule has 1 aromatic rings. The minimum absolute atomic E-state index is 0.0619. The molecule has 3 heterocycles. The van der Waals surface area contributed by atoms with Crippen molar-refractivity contribution in [2.24, 2.45) is 5.92 Å². The average molecular weight is 360 g/mol. The maximum absolute atomic E-state index is 12.1. The molecule has 8 heteroatoms. The fourth-order valence-corrected chi connectivity index (χ4v) is 3.32. The van der Waals surface area contributed by atoms with Gasteiger partial charge in [-0.3, -0.25) is 14.5 Å². The minimum atomic E-state index is -0.419. The molecule has 0 spiro atoms. The monoisotopic (exact) mass is 360 g/mol. The summed E-state index contributed by atoms with van der Waals surface area (Å²) in [5.41, 5.74) is 0. The predicted octanol–water partition coefficient (Wildman–Crippen LogP) is 0.243. The highest BCUT2D eigenvalue weighted by molar-refractivity contribution is 5.90. The van der Waals surface area contributed by atoms with Crippen molar-refractivity contribution in [2.45, 2.75) is 52.2 Å². The van der Waals surface area contributed by atoms with Crippen LogP contribution < -0.4 is 10.6 Å². The SMILES string of the molecule is CC(C)/C=C/CN1CCc2nnc(CNC(=O)[C@@H]3CCC(=O)N3)n2CC1. The lowest BCUT2D eigenvalue weighted by molar-refractivity contribution is -0.125. The minimum Gasteiger partial charge on any atom is -0.347 e. The van der Waals surface area contributed by atoms with Crippen LogP contribution in [0.1, 0.15) is 38.3 Å². The van der Waals surface area contributed by atoms with Crippen LogP contribution in [0.2, 0.25) is 0 Å². The summed E-state index contributed by atoms with van der Waals surface area (Å²) in [6, 6.07) is -0.419. The number of nitrogens with zero attached hydrogens (tertiary/aromatic N) is 4. The number of rotatable bonds is 6. The van der Waals surface area contributed by atoms with E-state index in [2.05, 4.69) is 56.3 Å². The second-order valence-electron chi connectivity index (χ2n) is 7.28. The van der Waals surface area contributed by atoms with E-state index >= 15 is 0 Å². The van der Waals surface area contributed by atoms with Crippen LogP contribution >= 0.6 is 0 Å². The van der Waals surface area contributed by atoms with Gasteiger partial charge in [0.15, 0.2) is 5.82 Å². The van der Waals surface area contributed by atoms with Crippen LogP contribution in [0.15, 0.2) is 12.2 Å². The zero-order chi connectivity index (χ0) is 18.5. The Bertz CT molecular complexity index is 681. The van der Waals surface area contributed by atoms with Crippen LogP contribution in [-0.2, 0) is 29.1 Å². The highest BCUT2D eigenvalue weighted by Gasteiger charge is 2.27. The van der Waals surface area contributed by atoms with Gasteiger partial charge < -0.3 is 15.2 Å². The van der Waals surface area contributed by atoms with Crippen molar-refractivity contribution < 1.29 is 9.59 Å². The third-order valence-corrected chi connectivity index (χ3v) is 4.81. The molecule has 2 amide bonds. The van der Waals surface area contributed by atoms with Crippen molar-refractivity contribution in [1.82, 2.24) is 30.3 Å². The number of nitrogens with one attached hydrogen (secondary N) is 2. The first-order valence-corrected chi connectivity index (χ1v) is 9.40. The highest BCUT2D eigenvalue weighted by Crippen LogP contribution is 2.11. The van der Waals surface area contributed by atoms with Crippen LogP contribution in [0.5, 0.6) is 0 Å². The zero-order valence-electron chi connectivity index (χ0n) is 15.6. The van der Waals surface area contributed by atoms with Crippen LogP contribution in [-0.4, -0.2) is 57.2 Å². The maximum Gasteiger partial charge on any atom is 0.242 e. The van der Waals surface area contributed by atoms with Crippen molar-refractivity contribution in [3.05, 3.63) is 23.8 Å². The molecule has 8 nitrogen and oxygen atoms in total. The van der Waals surface area contributed by atoms with Crippen molar-refractivity contribution in [3.63, 3.8) is 0 Å². The second kappa shape index (κ2) is 8.44. The van der Waals surface area contributed by atoms with E-state index in [1.165, 1.54) is 0 Å². The molecule has 142 valence electrons. The molecule has 2 aliphatic rings. The summed E-state index contributed by atoms with van der Waals surface area (Å²) in [7, 11) is 0. The summed E-state index contributed by atoms with van der Waals surface area (Å²) in [5.74, 6) is 2.10. The first kappa shape index (κ1) is 18.6. The van der Waals surface area contributed by atoms with Gasteiger partial charge in [0.25, 0.3) is 0 Å². The smallest absolute Gasteiger partial charge is 0.242 e. The summed E-state index contributed by atoms with van der Waals surface area (Å²) in [5, 5.41) is 14.1. The lowest BCUT2D eigenvalue weighted by atomic mass is 10.2. The topological polar surface area (TPSA) is 92.2 Å². The second-order valence-corrected chi connectivity index (χ2v) is 7.28. The molecule has 0 unspecified atom stereocenters. The quantitative estimate of drug-likeness (QED) is 0.709. The van der Waals surface area contributed by atoms with Gasteiger partial charge in [-0.25, -0.2) is 0 Å². The van der Waals surface area contributed by atoms with E-state index in [1.807, 2.05) is 0 Å². The van der Waals surface area contributed by atoms with E-state index < -0.39 is 6.04 Å². The Labute approximate surface area is 154 Å². The summed E-state index contributed by atoms with van der Waals surface area (Å²) >= 11 is 0. The van der Waals surface area contributed by atoms with Gasteiger partial charge in [-0.2, -0.15) is 0 Å². The molecule has 2 aliphatic heterocycles. The third-order valence-electron chi connectivity index (χ3n) is 4.81. The number of fused-ring (bicyclic) bond motifs is 1. The van der Waals surface area contributed by atoms with E-state index in [9.17, 15) is 9.59 Å². The number of carbonyl (C=O) groups is 2. The molecule has 0 aliphatic carbocycles. The molecule has 2 N–H and O–H groups in total. The van der Waals surface area contributed by atoms with E-state index in [4.69, 9.17) is 0 Å². The lowest BCUT2D eigenvalue weighted by Gasteiger charge is -2.17. The Kier molecular flexibility index (Phi) is 6.03. The number of carbonyl (C=O) groups excluding carboxylic acids is 2. The number of amides is 2. The van der Waals surface area contributed by atoms with Gasteiger partial charge in [0.05, 0.1) is 6.54 Å². The Morgan fingerprint density at radius 2 is 2.15 bits per heavy atom. The number of aromatic nitrogens is 3.